The molecule has 0 saturated carbocycles. The predicted octanol–water partition coefficient (Wildman–Crippen LogP) is 2.23. The maximum atomic E-state index is 13.1. The Kier molecular flexibility index (Phi) is 6.31. The van der Waals surface area contributed by atoms with Crippen molar-refractivity contribution in [2.75, 3.05) is 18.4 Å². The highest BCUT2D eigenvalue weighted by Gasteiger charge is 2.33. The van der Waals surface area contributed by atoms with E-state index < -0.39 is 10.0 Å². The van der Waals surface area contributed by atoms with E-state index in [-0.39, 0.29) is 41.0 Å². The molecule has 8 nitrogen and oxygen atoms in total. The molecular formula is C21H24N4O4S2. The van der Waals surface area contributed by atoms with Crippen LogP contribution in [0.4, 0.5) is 5.69 Å². The number of thioether (sulfide) groups is 1. The number of aromatic nitrogens is 1. The SMILES string of the molecule is C[C@@H]1Sc2ccc(S(=O)(=O)N3CCC(C(=O)NCc4cccnc4)CC3)cc2NC1=O. The van der Waals surface area contributed by atoms with Crippen LogP contribution < -0.4 is 10.6 Å². The summed E-state index contributed by atoms with van der Waals surface area (Å²) >= 11 is 1.41. The molecule has 10 heteroatoms. The summed E-state index contributed by atoms with van der Waals surface area (Å²) in [5.41, 5.74) is 1.45. The number of hydrogen-bond donors (Lipinski definition) is 2. The zero-order valence-electron chi connectivity index (χ0n) is 17.1. The molecule has 1 aromatic carbocycles. The highest BCUT2D eigenvalue weighted by Crippen LogP contribution is 2.37. The van der Waals surface area contributed by atoms with Crippen molar-refractivity contribution in [1.82, 2.24) is 14.6 Å². The lowest BCUT2D eigenvalue weighted by atomic mass is 9.97. The maximum absolute atomic E-state index is 13.1. The molecule has 0 radical (unpaired) electrons. The first-order chi connectivity index (χ1) is 14.8. The highest BCUT2D eigenvalue weighted by atomic mass is 32.2. The number of hydrogen-bond acceptors (Lipinski definition) is 6. The number of fused-ring (bicyclic) bond motifs is 1. The molecule has 2 aromatic rings. The van der Waals surface area contributed by atoms with E-state index >= 15 is 0 Å². The molecular weight excluding hydrogens is 436 g/mol. The van der Waals surface area contributed by atoms with Gasteiger partial charge in [0.2, 0.25) is 21.8 Å². The van der Waals surface area contributed by atoms with Crippen LogP contribution in [0.2, 0.25) is 0 Å². The van der Waals surface area contributed by atoms with Crippen molar-refractivity contribution in [3.05, 3.63) is 48.3 Å². The largest absolute Gasteiger partial charge is 0.352 e. The summed E-state index contributed by atoms with van der Waals surface area (Å²) in [7, 11) is -3.70. The summed E-state index contributed by atoms with van der Waals surface area (Å²) in [5, 5.41) is 5.47. The van der Waals surface area contributed by atoms with Crippen LogP contribution in [-0.4, -0.2) is 47.9 Å². The Morgan fingerprint density at radius 2 is 2.06 bits per heavy atom. The van der Waals surface area contributed by atoms with E-state index in [1.165, 1.54) is 22.1 Å². The molecule has 2 aliphatic heterocycles. The number of anilines is 1. The molecule has 0 bridgehead atoms. The number of carbonyl (C=O) groups excluding carboxylic acids is 2. The normalized spacial score (nSPS) is 20.0. The number of rotatable bonds is 5. The van der Waals surface area contributed by atoms with Crippen LogP contribution in [0.3, 0.4) is 0 Å². The number of amides is 2. The average molecular weight is 461 g/mol. The zero-order chi connectivity index (χ0) is 22.0. The van der Waals surface area contributed by atoms with Crippen LogP contribution in [0.25, 0.3) is 0 Å². The monoisotopic (exact) mass is 460 g/mol. The van der Waals surface area contributed by atoms with Gasteiger partial charge in [-0.1, -0.05) is 6.07 Å². The molecule has 0 unspecified atom stereocenters. The Labute approximate surface area is 185 Å². The van der Waals surface area contributed by atoms with Gasteiger partial charge in [-0.25, -0.2) is 8.42 Å². The molecule has 1 atom stereocenters. The van der Waals surface area contributed by atoms with Gasteiger partial charge >= 0.3 is 0 Å². The Morgan fingerprint density at radius 1 is 1.29 bits per heavy atom. The molecule has 164 valence electrons. The quantitative estimate of drug-likeness (QED) is 0.708. The van der Waals surface area contributed by atoms with Crippen LogP contribution in [-0.2, 0) is 26.2 Å². The first-order valence-electron chi connectivity index (χ1n) is 10.1. The number of piperidine rings is 1. The van der Waals surface area contributed by atoms with E-state index in [4.69, 9.17) is 0 Å². The van der Waals surface area contributed by atoms with Crippen LogP contribution in [0, 0.1) is 5.92 Å². The van der Waals surface area contributed by atoms with Gasteiger partial charge in [-0.3, -0.25) is 14.6 Å². The van der Waals surface area contributed by atoms with Gasteiger partial charge in [-0.15, -0.1) is 11.8 Å². The van der Waals surface area contributed by atoms with Gasteiger partial charge in [0.25, 0.3) is 0 Å². The third-order valence-corrected chi connectivity index (χ3v) is 8.61. The summed E-state index contributed by atoms with van der Waals surface area (Å²) in [6.45, 7) is 2.78. The fourth-order valence-corrected chi connectivity index (χ4v) is 6.12. The summed E-state index contributed by atoms with van der Waals surface area (Å²) in [6.07, 6.45) is 4.31. The lowest BCUT2D eigenvalue weighted by Crippen LogP contribution is -2.42. The number of pyridine rings is 1. The third-order valence-electron chi connectivity index (χ3n) is 5.53. The van der Waals surface area contributed by atoms with Crippen molar-refractivity contribution in [2.45, 2.75) is 41.4 Å². The fourth-order valence-electron chi connectivity index (χ4n) is 3.69. The van der Waals surface area contributed by atoms with Crippen LogP contribution in [0.1, 0.15) is 25.3 Å². The van der Waals surface area contributed by atoms with Crippen molar-refractivity contribution in [3.63, 3.8) is 0 Å². The standard InChI is InChI=1S/C21H24N4O4S2/c1-14-20(26)24-18-11-17(4-5-19(18)30-14)31(28,29)25-9-6-16(7-10-25)21(27)23-13-15-3-2-8-22-12-15/h2-5,8,11-12,14,16H,6-7,9-10,13H2,1H3,(H,23,27)(H,24,26)/t14-/m0/s1. The highest BCUT2D eigenvalue weighted by molar-refractivity contribution is 8.01. The topological polar surface area (TPSA) is 108 Å². The van der Waals surface area contributed by atoms with Gasteiger partial charge in [-0.05, 0) is 49.6 Å². The minimum atomic E-state index is -3.70. The number of carbonyl (C=O) groups is 2. The van der Waals surface area contributed by atoms with E-state index in [9.17, 15) is 18.0 Å². The summed E-state index contributed by atoms with van der Waals surface area (Å²) in [5.74, 6) is -0.419. The lowest BCUT2D eigenvalue weighted by Gasteiger charge is -2.31. The van der Waals surface area contributed by atoms with Gasteiger partial charge in [-0.2, -0.15) is 4.31 Å². The van der Waals surface area contributed by atoms with Gasteiger partial charge in [0.05, 0.1) is 15.8 Å². The second-order valence-corrected chi connectivity index (χ2v) is 11.0. The van der Waals surface area contributed by atoms with Crippen LogP contribution in [0.15, 0.2) is 52.5 Å². The summed E-state index contributed by atoms with van der Waals surface area (Å²) in [6, 6.07) is 8.55. The summed E-state index contributed by atoms with van der Waals surface area (Å²) in [4.78, 5) is 29.4. The van der Waals surface area contributed by atoms with Crippen molar-refractivity contribution < 1.29 is 18.0 Å². The molecule has 2 aliphatic rings. The second kappa shape index (κ2) is 8.97. The maximum Gasteiger partial charge on any atom is 0.243 e. The smallest absolute Gasteiger partial charge is 0.243 e. The first kappa shape index (κ1) is 21.8. The Hall–Kier alpha value is -2.43. The van der Waals surface area contributed by atoms with E-state index in [1.54, 1.807) is 24.5 Å². The fraction of sp³-hybridized carbons (Fsp3) is 0.381. The molecule has 0 aliphatic carbocycles. The average Bonchev–Trinajstić information content (AvgIpc) is 2.78. The first-order valence-corrected chi connectivity index (χ1v) is 12.4. The molecule has 1 saturated heterocycles. The summed E-state index contributed by atoms with van der Waals surface area (Å²) < 4.78 is 27.6. The van der Waals surface area contributed by atoms with Crippen LogP contribution >= 0.6 is 11.8 Å². The molecule has 4 rings (SSSR count). The Bertz CT molecular complexity index is 1080. The van der Waals surface area contributed by atoms with E-state index in [1.807, 2.05) is 19.1 Å². The van der Waals surface area contributed by atoms with Crippen molar-refractivity contribution in [2.24, 2.45) is 5.92 Å². The molecule has 31 heavy (non-hydrogen) atoms. The van der Waals surface area contributed by atoms with E-state index in [2.05, 4.69) is 15.6 Å². The molecule has 2 N–H and O–H groups in total. The molecule has 3 heterocycles. The van der Waals surface area contributed by atoms with E-state index in [0.29, 0.717) is 25.1 Å². The van der Waals surface area contributed by atoms with Crippen molar-refractivity contribution in [1.29, 1.82) is 0 Å². The zero-order valence-corrected chi connectivity index (χ0v) is 18.7. The molecule has 0 spiro atoms. The predicted molar refractivity (Wildman–Crippen MR) is 118 cm³/mol. The Morgan fingerprint density at radius 3 is 2.77 bits per heavy atom. The van der Waals surface area contributed by atoms with E-state index in [0.717, 1.165) is 10.5 Å². The third kappa shape index (κ3) is 4.76. The van der Waals surface area contributed by atoms with Crippen molar-refractivity contribution >= 4 is 39.3 Å². The molecule has 2 amide bonds. The van der Waals surface area contributed by atoms with Gasteiger partial charge in [0, 0.05) is 42.8 Å². The Balaban J connectivity index is 1.37. The number of nitrogens with one attached hydrogen (secondary N) is 2. The van der Waals surface area contributed by atoms with Gasteiger partial charge in [0.15, 0.2) is 0 Å². The second-order valence-electron chi connectivity index (χ2n) is 7.66. The lowest BCUT2D eigenvalue weighted by molar-refractivity contribution is -0.126. The van der Waals surface area contributed by atoms with Gasteiger partial charge < -0.3 is 10.6 Å². The number of sulfonamides is 1. The van der Waals surface area contributed by atoms with Crippen LogP contribution in [0.5, 0.6) is 0 Å². The number of benzene rings is 1. The van der Waals surface area contributed by atoms with Crippen molar-refractivity contribution in [3.8, 4) is 0 Å². The minimum absolute atomic E-state index is 0.0662. The molecule has 1 fully saturated rings. The minimum Gasteiger partial charge on any atom is -0.352 e. The molecule has 1 aromatic heterocycles. The number of nitrogens with zero attached hydrogens (tertiary/aromatic N) is 2. The van der Waals surface area contributed by atoms with Gasteiger partial charge in [0.1, 0.15) is 0 Å².